The van der Waals surface area contributed by atoms with Crippen LogP contribution < -0.4 is 5.73 Å². The van der Waals surface area contributed by atoms with E-state index in [4.69, 9.17) is 5.73 Å². The van der Waals surface area contributed by atoms with Gasteiger partial charge in [-0.15, -0.1) is 11.3 Å². The summed E-state index contributed by atoms with van der Waals surface area (Å²) in [5.41, 5.74) is 9.34. The molecule has 0 atom stereocenters. The fraction of sp³-hybridized carbons (Fsp3) is 0. The highest BCUT2D eigenvalue weighted by molar-refractivity contribution is 7.13. The highest BCUT2D eigenvalue weighted by atomic mass is 32.1. The van der Waals surface area contributed by atoms with Gasteiger partial charge in [-0.1, -0.05) is 12.1 Å². The van der Waals surface area contributed by atoms with Gasteiger partial charge in [0.15, 0.2) is 0 Å². The number of nitrogens with two attached hydrogens (primary N) is 1. The van der Waals surface area contributed by atoms with Crippen LogP contribution in [0.3, 0.4) is 0 Å². The highest BCUT2D eigenvalue weighted by Gasteiger charge is 2.02. The summed E-state index contributed by atoms with van der Waals surface area (Å²) in [5, 5.41) is 0.988. The average Bonchev–Trinajstić information content (AvgIpc) is 2.81. The van der Waals surface area contributed by atoms with Crippen LogP contribution in [-0.4, -0.2) is 15.0 Å². The largest absolute Gasteiger partial charge is 0.368 e. The molecule has 0 amide bonds. The topological polar surface area (TPSA) is 64.7 Å². The molecule has 0 unspecified atom stereocenters. The van der Waals surface area contributed by atoms with Gasteiger partial charge in [-0.05, 0) is 11.6 Å². The van der Waals surface area contributed by atoms with E-state index in [1.807, 2.05) is 29.9 Å². The second kappa shape index (κ2) is 3.53. The lowest BCUT2D eigenvalue weighted by molar-refractivity contribution is 1.24. The lowest BCUT2D eigenvalue weighted by Crippen LogP contribution is -1.93. The first-order valence-electron chi connectivity index (χ1n) is 4.74. The van der Waals surface area contributed by atoms with E-state index in [0.717, 1.165) is 21.3 Å². The molecule has 0 radical (unpaired) electrons. The number of aromatic nitrogens is 3. The molecule has 16 heavy (non-hydrogen) atoms. The Morgan fingerprint density at radius 1 is 1.19 bits per heavy atom. The van der Waals surface area contributed by atoms with E-state index in [1.54, 1.807) is 17.5 Å². The number of hydrogen-bond donors (Lipinski definition) is 1. The van der Waals surface area contributed by atoms with Crippen LogP contribution in [0.4, 0.5) is 5.95 Å². The summed E-state index contributed by atoms with van der Waals surface area (Å²) in [6.07, 6.45) is 3.57. The van der Waals surface area contributed by atoms with Crippen molar-refractivity contribution in [2.45, 2.75) is 0 Å². The maximum absolute atomic E-state index is 5.56. The lowest BCUT2D eigenvalue weighted by Gasteiger charge is -2.00. The van der Waals surface area contributed by atoms with Crippen molar-refractivity contribution in [1.29, 1.82) is 0 Å². The monoisotopic (exact) mass is 228 g/mol. The van der Waals surface area contributed by atoms with Crippen LogP contribution in [0.2, 0.25) is 0 Å². The second-order valence-electron chi connectivity index (χ2n) is 3.37. The number of hydrogen-bond acceptors (Lipinski definition) is 5. The lowest BCUT2D eigenvalue weighted by atomic mass is 10.1. The molecular weight excluding hydrogens is 220 g/mol. The Bertz CT molecular complexity index is 634. The van der Waals surface area contributed by atoms with Crippen LogP contribution in [-0.2, 0) is 0 Å². The normalized spacial score (nSPS) is 10.8. The molecule has 0 fully saturated rings. The molecule has 5 heteroatoms. The number of benzene rings is 1. The van der Waals surface area contributed by atoms with Crippen LogP contribution in [0.5, 0.6) is 0 Å². The zero-order valence-electron chi connectivity index (χ0n) is 8.29. The SMILES string of the molecule is Nc1ncc2ccc(-c3cncs3)cc2n1. The minimum Gasteiger partial charge on any atom is -0.368 e. The van der Waals surface area contributed by atoms with Gasteiger partial charge in [0.2, 0.25) is 5.95 Å². The molecule has 0 aliphatic rings. The van der Waals surface area contributed by atoms with Crippen molar-refractivity contribution in [2.75, 3.05) is 5.73 Å². The van der Waals surface area contributed by atoms with Crippen molar-refractivity contribution in [3.63, 3.8) is 0 Å². The molecule has 0 saturated carbocycles. The van der Waals surface area contributed by atoms with Gasteiger partial charge in [-0.2, -0.15) is 0 Å². The van der Waals surface area contributed by atoms with E-state index < -0.39 is 0 Å². The maximum atomic E-state index is 5.56. The number of nitrogen functional groups attached to an aromatic ring is 1. The molecule has 0 bridgehead atoms. The predicted octanol–water partition coefficient (Wildman–Crippen LogP) is 2.34. The molecule has 0 spiro atoms. The Morgan fingerprint density at radius 2 is 2.12 bits per heavy atom. The number of nitrogens with zero attached hydrogens (tertiary/aromatic N) is 3. The summed E-state index contributed by atoms with van der Waals surface area (Å²) in [6.45, 7) is 0. The molecule has 2 N–H and O–H groups in total. The second-order valence-corrected chi connectivity index (χ2v) is 4.25. The molecule has 2 aromatic heterocycles. The first-order chi connectivity index (χ1) is 7.83. The van der Waals surface area contributed by atoms with Crippen LogP contribution in [0.1, 0.15) is 0 Å². The van der Waals surface area contributed by atoms with E-state index in [2.05, 4.69) is 15.0 Å². The minimum atomic E-state index is 0.300. The summed E-state index contributed by atoms with van der Waals surface area (Å²) in [5.74, 6) is 0.300. The molecule has 3 aromatic rings. The summed E-state index contributed by atoms with van der Waals surface area (Å²) in [6, 6.07) is 6.03. The summed E-state index contributed by atoms with van der Waals surface area (Å²) < 4.78 is 0. The Balaban J connectivity index is 2.22. The van der Waals surface area contributed by atoms with Crippen molar-refractivity contribution in [3.05, 3.63) is 36.1 Å². The number of anilines is 1. The van der Waals surface area contributed by atoms with Gasteiger partial charge in [-0.3, -0.25) is 4.98 Å². The van der Waals surface area contributed by atoms with Gasteiger partial charge in [0, 0.05) is 17.8 Å². The maximum Gasteiger partial charge on any atom is 0.220 e. The predicted molar refractivity (Wildman–Crippen MR) is 65.1 cm³/mol. The van der Waals surface area contributed by atoms with Crippen molar-refractivity contribution in [1.82, 2.24) is 15.0 Å². The first kappa shape index (κ1) is 9.23. The van der Waals surface area contributed by atoms with Gasteiger partial charge in [0.1, 0.15) is 0 Å². The molecule has 0 saturated heterocycles. The van der Waals surface area contributed by atoms with E-state index in [-0.39, 0.29) is 0 Å². The van der Waals surface area contributed by atoms with Gasteiger partial charge in [0.05, 0.1) is 15.9 Å². The zero-order chi connectivity index (χ0) is 11.0. The Hall–Kier alpha value is -2.01. The molecule has 0 aliphatic carbocycles. The Kier molecular flexibility index (Phi) is 2.04. The number of fused-ring (bicyclic) bond motifs is 1. The fourth-order valence-corrected chi connectivity index (χ4v) is 2.17. The van der Waals surface area contributed by atoms with Crippen LogP contribution in [0.15, 0.2) is 36.1 Å². The van der Waals surface area contributed by atoms with Crippen LogP contribution in [0.25, 0.3) is 21.3 Å². The van der Waals surface area contributed by atoms with E-state index in [0.29, 0.717) is 5.95 Å². The molecule has 4 nitrogen and oxygen atoms in total. The third-order valence-electron chi connectivity index (χ3n) is 2.32. The van der Waals surface area contributed by atoms with Gasteiger partial charge < -0.3 is 5.73 Å². The van der Waals surface area contributed by atoms with E-state index in [9.17, 15) is 0 Å². The summed E-state index contributed by atoms with van der Waals surface area (Å²) in [7, 11) is 0. The van der Waals surface area contributed by atoms with Crippen LogP contribution in [0, 0.1) is 0 Å². The minimum absolute atomic E-state index is 0.300. The molecule has 1 aromatic carbocycles. The molecule has 78 valence electrons. The number of rotatable bonds is 1. The Morgan fingerprint density at radius 3 is 2.94 bits per heavy atom. The highest BCUT2D eigenvalue weighted by Crippen LogP contribution is 2.26. The van der Waals surface area contributed by atoms with Gasteiger partial charge in [0.25, 0.3) is 0 Å². The third-order valence-corrected chi connectivity index (χ3v) is 3.14. The molecule has 3 rings (SSSR count). The summed E-state index contributed by atoms with van der Waals surface area (Å²) in [4.78, 5) is 13.3. The van der Waals surface area contributed by atoms with Crippen molar-refractivity contribution in [3.8, 4) is 10.4 Å². The quantitative estimate of drug-likeness (QED) is 0.694. The Labute approximate surface area is 95.8 Å². The smallest absolute Gasteiger partial charge is 0.220 e. The van der Waals surface area contributed by atoms with E-state index >= 15 is 0 Å². The standard InChI is InChI=1S/C11H8N4S/c12-11-14-4-8-2-1-7(3-9(8)15-11)10-5-13-6-16-10/h1-6H,(H2,12,14,15). The van der Waals surface area contributed by atoms with Crippen molar-refractivity contribution >= 4 is 28.2 Å². The van der Waals surface area contributed by atoms with Crippen molar-refractivity contribution < 1.29 is 0 Å². The summed E-state index contributed by atoms with van der Waals surface area (Å²) >= 11 is 1.60. The van der Waals surface area contributed by atoms with E-state index in [1.165, 1.54) is 0 Å². The third kappa shape index (κ3) is 1.51. The van der Waals surface area contributed by atoms with Crippen LogP contribution >= 0.6 is 11.3 Å². The molecular formula is C11H8N4S. The van der Waals surface area contributed by atoms with Gasteiger partial charge in [-0.25, -0.2) is 9.97 Å². The fourth-order valence-electron chi connectivity index (χ4n) is 1.55. The van der Waals surface area contributed by atoms with Crippen molar-refractivity contribution in [2.24, 2.45) is 0 Å². The number of thiazole rings is 1. The molecule has 2 heterocycles. The molecule has 0 aliphatic heterocycles. The van der Waals surface area contributed by atoms with Gasteiger partial charge >= 0.3 is 0 Å². The first-order valence-corrected chi connectivity index (χ1v) is 5.62. The zero-order valence-corrected chi connectivity index (χ0v) is 9.11. The average molecular weight is 228 g/mol.